The van der Waals surface area contributed by atoms with Gasteiger partial charge >= 0.3 is 6.03 Å². The van der Waals surface area contributed by atoms with Crippen molar-refractivity contribution in [3.63, 3.8) is 0 Å². The van der Waals surface area contributed by atoms with Crippen molar-refractivity contribution in [3.05, 3.63) is 65.5 Å². The highest BCUT2D eigenvalue weighted by molar-refractivity contribution is 5.89. The van der Waals surface area contributed by atoms with E-state index in [1.54, 1.807) is 24.3 Å². The van der Waals surface area contributed by atoms with Crippen LogP contribution in [0.2, 0.25) is 0 Å². The van der Waals surface area contributed by atoms with Gasteiger partial charge in [-0.3, -0.25) is 0 Å². The molecule has 20 heavy (non-hydrogen) atoms. The molecule has 0 radical (unpaired) electrons. The van der Waals surface area contributed by atoms with Gasteiger partial charge in [0, 0.05) is 17.8 Å². The van der Waals surface area contributed by atoms with Crippen molar-refractivity contribution >= 4 is 11.7 Å². The van der Waals surface area contributed by atoms with E-state index in [1.165, 1.54) is 12.1 Å². The van der Waals surface area contributed by atoms with Crippen LogP contribution < -0.4 is 10.6 Å². The summed E-state index contributed by atoms with van der Waals surface area (Å²) in [5.74, 6) is -0.510. The van der Waals surface area contributed by atoms with E-state index in [2.05, 4.69) is 10.6 Å². The molecule has 0 aliphatic carbocycles. The average Bonchev–Trinajstić information content (AvgIpc) is 2.47. The van der Waals surface area contributed by atoms with E-state index >= 15 is 0 Å². The summed E-state index contributed by atoms with van der Waals surface area (Å²) in [6, 6.07) is 14.5. The SMILES string of the molecule is N#Cc1ccc(CNC(=O)Nc2ccccc2)c(F)c1. The molecule has 2 aromatic rings. The van der Waals surface area contributed by atoms with Crippen molar-refractivity contribution in [1.82, 2.24) is 5.32 Å². The number of amides is 2. The van der Waals surface area contributed by atoms with Crippen molar-refractivity contribution < 1.29 is 9.18 Å². The number of carbonyl (C=O) groups is 1. The number of benzene rings is 2. The molecule has 0 saturated heterocycles. The minimum Gasteiger partial charge on any atom is -0.334 e. The maximum atomic E-state index is 13.6. The fourth-order valence-corrected chi connectivity index (χ4v) is 1.63. The minimum atomic E-state index is -0.510. The summed E-state index contributed by atoms with van der Waals surface area (Å²) in [6.07, 6.45) is 0. The van der Waals surface area contributed by atoms with Gasteiger partial charge in [-0.2, -0.15) is 5.26 Å². The Morgan fingerprint density at radius 3 is 2.60 bits per heavy atom. The molecule has 2 N–H and O–H groups in total. The highest BCUT2D eigenvalue weighted by Crippen LogP contribution is 2.10. The van der Waals surface area contributed by atoms with Crippen LogP contribution in [0.5, 0.6) is 0 Å². The lowest BCUT2D eigenvalue weighted by atomic mass is 10.1. The number of nitriles is 1. The van der Waals surface area contributed by atoms with Gasteiger partial charge in [-0.25, -0.2) is 9.18 Å². The average molecular weight is 269 g/mol. The van der Waals surface area contributed by atoms with Crippen molar-refractivity contribution in [1.29, 1.82) is 5.26 Å². The second-order valence-corrected chi connectivity index (χ2v) is 4.09. The summed E-state index contributed by atoms with van der Waals surface area (Å²) in [5.41, 5.74) is 1.23. The van der Waals surface area contributed by atoms with Crippen LogP contribution in [-0.2, 0) is 6.54 Å². The van der Waals surface area contributed by atoms with Crippen molar-refractivity contribution in [3.8, 4) is 6.07 Å². The first-order chi connectivity index (χ1) is 9.69. The van der Waals surface area contributed by atoms with Crippen LogP contribution in [-0.4, -0.2) is 6.03 Å². The molecule has 0 unspecified atom stereocenters. The predicted molar refractivity (Wildman–Crippen MR) is 73.4 cm³/mol. The molecule has 2 aromatic carbocycles. The van der Waals surface area contributed by atoms with E-state index in [1.807, 2.05) is 12.1 Å². The molecule has 0 heterocycles. The van der Waals surface area contributed by atoms with Crippen LogP contribution >= 0.6 is 0 Å². The largest absolute Gasteiger partial charge is 0.334 e. The zero-order chi connectivity index (χ0) is 14.4. The summed E-state index contributed by atoms with van der Waals surface area (Å²) < 4.78 is 13.6. The first-order valence-electron chi connectivity index (χ1n) is 5.97. The predicted octanol–water partition coefficient (Wildman–Crippen LogP) is 3.02. The highest BCUT2D eigenvalue weighted by Gasteiger charge is 2.06. The van der Waals surface area contributed by atoms with Gasteiger partial charge < -0.3 is 10.6 Å². The van der Waals surface area contributed by atoms with E-state index in [0.29, 0.717) is 11.3 Å². The van der Waals surface area contributed by atoms with Crippen molar-refractivity contribution in [2.75, 3.05) is 5.32 Å². The van der Waals surface area contributed by atoms with Crippen LogP contribution in [0.4, 0.5) is 14.9 Å². The summed E-state index contributed by atoms with van der Waals surface area (Å²) in [7, 11) is 0. The van der Waals surface area contributed by atoms with Crippen molar-refractivity contribution in [2.45, 2.75) is 6.54 Å². The quantitative estimate of drug-likeness (QED) is 0.899. The second-order valence-electron chi connectivity index (χ2n) is 4.09. The molecule has 100 valence electrons. The molecule has 4 nitrogen and oxygen atoms in total. The number of hydrogen-bond donors (Lipinski definition) is 2. The van der Waals surface area contributed by atoms with E-state index in [-0.39, 0.29) is 12.1 Å². The number of nitrogens with one attached hydrogen (secondary N) is 2. The third kappa shape index (κ3) is 3.56. The topological polar surface area (TPSA) is 64.9 Å². The number of rotatable bonds is 3. The van der Waals surface area contributed by atoms with Crippen LogP contribution in [0.3, 0.4) is 0 Å². The van der Waals surface area contributed by atoms with Crippen LogP contribution in [0.25, 0.3) is 0 Å². The lowest BCUT2D eigenvalue weighted by Crippen LogP contribution is -2.28. The van der Waals surface area contributed by atoms with E-state index in [9.17, 15) is 9.18 Å². The van der Waals surface area contributed by atoms with Gasteiger partial charge in [0.15, 0.2) is 0 Å². The van der Waals surface area contributed by atoms with Crippen molar-refractivity contribution in [2.24, 2.45) is 0 Å². The third-order valence-corrected chi connectivity index (χ3v) is 2.65. The van der Waals surface area contributed by atoms with Crippen LogP contribution in [0.15, 0.2) is 48.5 Å². The molecule has 0 atom stereocenters. The monoisotopic (exact) mass is 269 g/mol. The number of nitrogens with zero attached hydrogens (tertiary/aromatic N) is 1. The van der Waals surface area contributed by atoms with Crippen LogP contribution in [0, 0.1) is 17.1 Å². The zero-order valence-corrected chi connectivity index (χ0v) is 10.6. The van der Waals surface area contributed by atoms with Gasteiger partial charge in [0.2, 0.25) is 0 Å². The number of halogens is 1. The van der Waals surface area contributed by atoms with Gasteiger partial charge in [0.1, 0.15) is 5.82 Å². The molecule has 0 aliphatic rings. The second kappa shape index (κ2) is 6.34. The summed E-state index contributed by atoms with van der Waals surface area (Å²) in [6.45, 7) is 0.0518. The third-order valence-electron chi connectivity index (χ3n) is 2.65. The van der Waals surface area contributed by atoms with Crippen LogP contribution in [0.1, 0.15) is 11.1 Å². The number of carbonyl (C=O) groups excluding carboxylic acids is 1. The zero-order valence-electron chi connectivity index (χ0n) is 10.6. The summed E-state index contributed by atoms with van der Waals surface area (Å²) in [4.78, 5) is 11.6. The number of hydrogen-bond acceptors (Lipinski definition) is 2. The Balaban J connectivity index is 1.92. The van der Waals surface area contributed by atoms with Gasteiger partial charge in [-0.1, -0.05) is 24.3 Å². The Morgan fingerprint density at radius 1 is 1.20 bits per heavy atom. The molecule has 0 aliphatic heterocycles. The first-order valence-corrected chi connectivity index (χ1v) is 5.97. The molecule has 2 amide bonds. The van der Waals surface area contributed by atoms with E-state index in [4.69, 9.17) is 5.26 Å². The lowest BCUT2D eigenvalue weighted by Gasteiger charge is -2.08. The molecule has 0 spiro atoms. The molecule has 0 saturated carbocycles. The normalized spacial score (nSPS) is 9.60. The molecule has 0 fully saturated rings. The maximum absolute atomic E-state index is 13.6. The fraction of sp³-hybridized carbons (Fsp3) is 0.0667. The molecule has 2 rings (SSSR count). The Kier molecular flexibility index (Phi) is 4.30. The lowest BCUT2D eigenvalue weighted by molar-refractivity contribution is 0.251. The fourth-order valence-electron chi connectivity index (χ4n) is 1.63. The Labute approximate surface area is 115 Å². The van der Waals surface area contributed by atoms with Gasteiger partial charge in [-0.05, 0) is 24.3 Å². The highest BCUT2D eigenvalue weighted by atomic mass is 19.1. The smallest absolute Gasteiger partial charge is 0.319 e. The first kappa shape index (κ1) is 13.6. The van der Waals surface area contributed by atoms with E-state index in [0.717, 1.165) is 6.07 Å². The van der Waals surface area contributed by atoms with Gasteiger partial charge in [-0.15, -0.1) is 0 Å². The summed E-state index contributed by atoms with van der Waals surface area (Å²) >= 11 is 0. The molecular formula is C15H12FN3O. The molecule has 5 heteroatoms. The summed E-state index contributed by atoms with van der Waals surface area (Å²) in [5, 5.41) is 13.8. The minimum absolute atomic E-state index is 0.0518. The standard InChI is InChI=1S/C15H12FN3O/c16-14-8-11(9-17)6-7-12(14)10-18-15(20)19-13-4-2-1-3-5-13/h1-8H,10H2,(H2,18,19,20). The Hall–Kier alpha value is -2.87. The Morgan fingerprint density at radius 2 is 1.95 bits per heavy atom. The van der Waals surface area contributed by atoms with Gasteiger partial charge in [0.25, 0.3) is 0 Å². The number of urea groups is 1. The van der Waals surface area contributed by atoms with Gasteiger partial charge in [0.05, 0.1) is 11.6 Å². The molecule has 0 aromatic heterocycles. The Bertz CT molecular complexity index is 650. The maximum Gasteiger partial charge on any atom is 0.319 e. The number of para-hydroxylation sites is 1. The molecular weight excluding hydrogens is 257 g/mol. The molecule has 0 bridgehead atoms. The van der Waals surface area contributed by atoms with E-state index < -0.39 is 11.8 Å². The number of anilines is 1.